The zero-order valence-corrected chi connectivity index (χ0v) is 11.0. The van der Waals surface area contributed by atoms with Crippen molar-refractivity contribution >= 4 is 23.2 Å². The lowest BCUT2D eigenvalue weighted by molar-refractivity contribution is 0.108. The molecule has 4 nitrogen and oxygen atoms in total. The Kier molecular flexibility index (Phi) is 4.30. The van der Waals surface area contributed by atoms with Crippen molar-refractivity contribution in [2.75, 3.05) is 7.11 Å². The summed E-state index contributed by atoms with van der Waals surface area (Å²) in [5, 5.41) is -0.211. The highest BCUT2D eigenvalue weighted by atomic mass is 32.2. The molecule has 0 amide bonds. The Labute approximate surface area is 114 Å². The van der Waals surface area contributed by atoms with Crippen molar-refractivity contribution in [3.05, 3.63) is 53.9 Å². The number of hydrogen-bond acceptors (Lipinski definition) is 5. The lowest BCUT2D eigenvalue weighted by Gasteiger charge is -2.03. The van der Waals surface area contributed by atoms with Crippen molar-refractivity contribution in [2.24, 2.45) is 0 Å². The van der Waals surface area contributed by atoms with Crippen molar-refractivity contribution in [2.45, 2.75) is 4.90 Å². The van der Waals surface area contributed by atoms with Gasteiger partial charge in [-0.05, 0) is 42.1 Å². The van der Waals surface area contributed by atoms with Gasteiger partial charge >= 0.3 is 0 Å². The van der Waals surface area contributed by atoms with Crippen molar-refractivity contribution in [1.29, 1.82) is 0 Å². The standard InChI is InChI=1S/C14H11NO3S/c1-18-11-5-3-6-12(8-11)19-14(17)13-7-2-4-10(9-16)15-13/h2-9H,1H3. The number of rotatable bonds is 4. The van der Waals surface area contributed by atoms with E-state index < -0.39 is 0 Å². The van der Waals surface area contributed by atoms with Gasteiger partial charge in [0.15, 0.2) is 6.29 Å². The Morgan fingerprint density at radius 1 is 1.26 bits per heavy atom. The van der Waals surface area contributed by atoms with Gasteiger partial charge in [0.1, 0.15) is 17.1 Å². The minimum atomic E-state index is -0.211. The quantitative estimate of drug-likeness (QED) is 0.633. The highest BCUT2D eigenvalue weighted by Gasteiger charge is 2.10. The molecule has 5 heteroatoms. The zero-order chi connectivity index (χ0) is 13.7. The van der Waals surface area contributed by atoms with Crippen molar-refractivity contribution < 1.29 is 14.3 Å². The third kappa shape index (κ3) is 3.42. The largest absolute Gasteiger partial charge is 0.497 e. The van der Waals surface area contributed by atoms with Gasteiger partial charge in [-0.15, -0.1) is 0 Å². The average Bonchev–Trinajstić information content (AvgIpc) is 2.47. The van der Waals surface area contributed by atoms with Gasteiger partial charge in [0.2, 0.25) is 5.12 Å². The predicted molar refractivity (Wildman–Crippen MR) is 72.8 cm³/mol. The number of nitrogens with zero attached hydrogens (tertiary/aromatic N) is 1. The Bertz CT molecular complexity index is 613. The molecule has 96 valence electrons. The molecule has 0 aliphatic carbocycles. The molecule has 1 heterocycles. The van der Waals surface area contributed by atoms with E-state index in [0.717, 1.165) is 16.7 Å². The first-order valence-electron chi connectivity index (χ1n) is 5.51. The van der Waals surface area contributed by atoms with E-state index in [1.807, 2.05) is 12.1 Å². The van der Waals surface area contributed by atoms with E-state index in [2.05, 4.69) is 4.98 Å². The van der Waals surface area contributed by atoms with E-state index in [0.29, 0.717) is 12.0 Å². The van der Waals surface area contributed by atoms with E-state index in [1.54, 1.807) is 37.4 Å². The number of ether oxygens (including phenoxy) is 1. The third-order valence-corrected chi connectivity index (χ3v) is 3.24. The van der Waals surface area contributed by atoms with Crippen LogP contribution in [-0.2, 0) is 0 Å². The molecule has 0 unspecified atom stereocenters. The molecule has 0 fully saturated rings. The molecule has 0 bridgehead atoms. The van der Waals surface area contributed by atoms with Gasteiger partial charge in [0.05, 0.1) is 7.11 Å². The number of aromatic nitrogens is 1. The summed E-state index contributed by atoms with van der Waals surface area (Å²) in [6.07, 6.45) is 0.618. The van der Waals surface area contributed by atoms with E-state index in [1.165, 1.54) is 0 Å². The van der Waals surface area contributed by atoms with Crippen LogP contribution < -0.4 is 4.74 Å². The van der Waals surface area contributed by atoms with Crippen LogP contribution >= 0.6 is 11.8 Å². The highest BCUT2D eigenvalue weighted by Crippen LogP contribution is 2.25. The van der Waals surface area contributed by atoms with Crippen molar-refractivity contribution in [1.82, 2.24) is 4.98 Å². The molecule has 0 saturated carbocycles. The number of methoxy groups -OCH3 is 1. The van der Waals surface area contributed by atoms with Crippen LogP contribution in [0.4, 0.5) is 0 Å². The Morgan fingerprint density at radius 2 is 2.05 bits per heavy atom. The molecule has 0 aliphatic heterocycles. The lowest BCUT2D eigenvalue weighted by Crippen LogP contribution is -1.99. The molecule has 2 aromatic rings. The summed E-state index contributed by atoms with van der Waals surface area (Å²) >= 11 is 1.05. The molecule has 0 radical (unpaired) electrons. The van der Waals surface area contributed by atoms with Crippen molar-refractivity contribution in [3.63, 3.8) is 0 Å². The maximum absolute atomic E-state index is 12.0. The van der Waals surface area contributed by atoms with E-state index in [-0.39, 0.29) is 16.5 Å². The van der Waals surface area contributed by atoms with Crippen molar-refractivity contribution in [3.8, 4) is 5.75 Å². The molecular weight excluding hydrogens is 262 g/mol. The first-order valence-corrected chi connectivity index (χ1v) is 6.33. The average molecular weight is 273 g/mol. The zero-order valence-electron chi connectivity index (χ0n) is 10.2. The predicted octanol–water partition coefficient (Wildman–Crippen LogP) is 2.84. The SMILES string of the molecule is COc1cccc(SC(=O)c2cccc(C=O)n2)c1. The second-order valence-electron chi connectivity index (χ2n) is 3.63. The fourth-order valence-corrected chi connectivity index (χ4v) is 2.21. The lowest BCUT2D eigenvalue weighted by atomic mass is 10.3. The molecule has 0 aliphatic rings. The molecule has 1 aromatic carbocycles. The molecule has 0 saturated heterocycles. The van der Waals surface area contributed by atoms with Crippen LogP contribution in [0.1, 0.15) is 21.0 Å². The topological polar surface area (TPSA) is 56.3 Å². The minimum absolute atomic E-state index is 0.211. The summed E-state index contributed by atoms with van der Waals surface area (Å²) in [5.74, 6) is 0.687. The third-order valence-electron chi connectivity index (χ3n) is 2.35. The molecular formula is C14H11NO3S. The van der Waals surface area contributed by atoms with Crippen LogP contribution in [0, 0.1) is 0 Å². The second-order valence-corrected chi connectivity index (χ2v) is 4.68. The molecule has 0 spiro atoms. The van der Waals surface area contributed by atoms with Gasteiger partial charge < -0.3 is 4.74 Å². The summed E-state index contributed by atoms with van der Waals surface area (Å²) in [7, 11) is 1.57. The smallest absolute Gasteiger partial charge is 0.242 e. The number of pyridine rings is 1. The molecule has 1 aromatic heterocycles. The van der Waals surface area contributed by atoms with Gasteiger partial charge in [-0.3, -0.25) is 9.59 Å². The van der Waals surface area contributed by atoms with E-state index in [9.17, 15) is 9.59 Å². The van der Waals surface area contributed by atoms with Gasteiger partial charge in [0, 0.05) is 4.90 Å². The first kappa shape index (κ1) is 13.3. The fraction of sp³-hybridized carbons (Fsp3) is 0.0714. The second kappa shape index (κ2) is 6.15. The van der Waals surface area contributed by atoms with Crippen LogP contribution in [-0.4, -0.2) is 23.5 Å². The number of aldehydes is 1. The summed E-state index contributed by atoms with van der Waals surface area (Å²) in [6.45, 7) is 0. The maximum atomic E-state index is 12.0. The van der Waals surface area contributed by atoms with Gasteiger partial charge in [-0.2, -0.15) is 0 Å². The number of hydrogen-bond donors (Lipinski definition) is 0. The number of thioether (sulfide) groups is 1. The molecule has 0 N–H and O–H groups in total. The van der Waals surface area contributed by atoms with Crippen LogP contribution in [0.25, 0.3) is 0 Å². The monoisotopic (exact) mass is 273 g/mol. The van der Waals surface area contributed by atoms with E-state index >= 15 is 0 Å². The first-order chi connectivity index (χ1) is 9.22. The van der Waals surface area contributed by atoms with Gasteiger partial charge in [0.25, 0.3) is 0 Å². The van der Waals surface area contributed by atoms with Crippen LogP contribution in [0.2, 0.25) is 0 Å². The summed E-state index contributed by atoms with van der Waals surface area (Å²) in [5.41, 5.74) is 0.509. The Hall–Kier alpha value is -2.14. The van der Waals surface area contributed by atoms with Gasteiger partial charge in [-0.1, -0.05) is 12.1 Å². The summed E-state index contributed by atoms with van der Waals surface area (Å²) in [4.78, 5) is 27.4. The summed E-state index contributed by atoms with van der Waals surface area (Å²) < 4.78 is 5.09. The van der Waals surface area contributed by atoms with Crippen LogP contribution in [0.15, 0.2) is 47.4 Å². The number of carbonyl (C=O) groups is 2. The highest BCUT2D eigenvalue weighted by molar-refractivity contribution is 8.14. The fourth-order valence-electron chi connectivity index (χ4n) is 1.45. The molecule has 19 heavy (non-hydrogen) atoms. The van der Waals surface area contributed by atoms with Crippen LogP contribution in [0.3, 0.4) is 0 Å². The Morgan fingerprint density at radius 3 is 2.79 bits per heavy atom. The number of carbonyl (C=O) groups excluding carboxylic acids is 2. The molecule has 0 atom stereocenters. The van der Waals surface area contributed by atoms with Gasteiger partial charge in [-0.25, -0.2) is 4.98 Å². The summed E-state index contributed by atoms with van der Waals surface area (Å²) in [6, 6.07) is 12.0. The van der Waals surface area contributed by atoms with E-state index in [4.69, 9.17) is 4.74 Å². The van der Waals surface area contributed by atoms with Crippen LogP contribution in [0.5, 0.6) is 5.75 Å². The minimum Gasteiger partial charge on any atom is -0.497 e. The molecule has 2 rings (SSSR count). The number of benzene rings is 1. The normalized spacial score (nSPS) is 9.95. The maximum Gasteiger partial charge on any atom is 0.242 e. The Balaban J connectivity index is 2.17.